The van der Waals surface area contributed by atoms with Crippen LogP contribution in [0.1, 0.15) is 39.3 Å². The van der Waals surface area contributed by atoms with Crippen molar-refractivity contribution in [2.24, 2.45) is 0 Å². The van der Waals surface area contributed by atoms with Crippen LogP contribution in [0.25, 0.3) is 16.9 Å². The third-order valence-corrected chi connectivity index (χ3v) is 4.70. The summed E-state index contributed by atoms with van der Waals surface area (Å²) in [6.45, 7) is 6.09. The van der Waals surface area contributed by atoms with Gasteiger partial charge in [-0.25, -0.2) is 9.37 Å². The highest BCUT2D eigenvalue weighted by atomic mass is 19.1. The lowest BCUT2D eigenvalue weighted by Gasteiger charge is -2.24. The van der Waals surface area contributed by atoms with Gasteiger partial charge in [-0.05, 0) is 63.1 Å². The van der Waals surface area contributed by atoms with Crippen LogP contribution in [-0.4, -0.2) is 20.8 Å². The molecule has 0 radical (unpaired) electrons. The van der Waals surface area contributed by atoms with E-state index in [1.807, 2.05) is 42.6 Å². The van der Waals surface area contributed by atoms with Crippen molar-refractivity contribution in [3.8, 4) is 11.3 Å². The number of aromatic nitrogens is 2. The minimum atomic E-state index is -0.278. The molecule has 0 fully saturated rings. The van der Waals surface area contributed by atoms with E-state index >= 15 is 0 Å². The highest BCUT2D eigenvalue weighted by Crippen LogP contribution is 2.26. The number of imidazole rings is 1. The Kier molecular flexibility index (Phi) is 5.07. The Morgan fingerprint density at radius 1 is 1.19 bits per heavy atom. The minimum absolute atomic E-state index is 0.0211. The maximum Gasteiger partial charge on any atom is 0.220 e. The summed E-state index contributed by atoms with van der Waals surface area (Å²) in [4.78, 5) is 17.0. The van der Waals surface area contributed by atoms with Gasteiger partial charge in [-0.2, -0.15) is 0 Å². The van der Waals surface area contributed by atoms with E-state index in [9.17, 15) is 9.18 Å². The molecule has 0 saturated heterocycles. The number of halogens is 1. The van der Waals surface area contributed by atoms with Gasteiger partial charge in [0.2, 0.25) is 5.91 Å². The predicted molar refractivity (Wildman–Crippen MR) is 101 cm³/mol. The van der Waals surface area contributed by atoms with Crippen molar-refractivity contribution in [3.63, 3.8) is 0 Å². The standard InChI is InChI=1S/C21H24FN3O/c1-4-21(2,3)24-19(26)13-12-17-20(15-8-10-16(22)11-9-15)23-18-7-5-6-14-25(17)18/h5-11,14H,4,12-13H2,1-3H3,(H,24,26). The molecule has 3 rings (SSSR count). The zero-order valence-electron chi connectivity index (χ0n) is 15.4. The maximum absolute atomic E-state index is 13.3. The largest absolute Gasteiger partial charge is 0.351 e. The number of hydrogen-bond donors (Lipinski definition) is 1. The molecule has 0 atom stereocenters. The molecule has 0 aliphatic heterocycles. The third kappa shape index (κ3) is 3.93. The van der Waals surface area contributed by atoms with E-state index in [1.165, 1.54) is 12.1 Å². The SMILES string of the molecule is CCC(C)(C)NC(=O)CCc1c(-c2ccc(F)cc2)nc2ccccn12. The number of aryl methyl sites for hydroxylation is 1. The van der Waals surface area contributed by atoms with Gasteiger partial charge in [0.25, 0.3) is 0 Å². The van der Waals surface area contributed by atoms with Crippen LogP contribution in [-0.2, 0) is 11.2 Å². The second-order valence-electron chi connectivity index (χ2n) is 7.13. The predicted octanol–water partition coefficient (Wildman–Crippen LogP) is 4.38. The second kappa shape index (κ2) is 7.28. The van der Waals surface area contributed by atoms with E-state index in [0.29, 0.717) is 12.8 Å². The van der Waals surface area contributed by atoms with Gasteiger partial charge in [0.1, 0.15) is 11.5 Å². The zero-order valence-corrected chi connectivity index (χ0v) is 15.4. The number of nitrogens with one attached hydrogen (secondary N) is 1. The molecule has 2 heterocycles. The fourth-order valence-electron chi connectivity index (χ4n) is 2.88. The summed E-state index contributed by atoms with van der Waals surface area (Å²) < 4.78 is 15.3. The van der Waals surface area contributed by atoms with E-state index in [2.05, 4.69) is 12.2 Å². The van der Waals surface area contributed by atoms with Crippen LogP contribution in [0.5, 0.6) is 0 Å². The Labute approximate surface area is 153 Å². The normalized spacial score (nSPS) is 11.7. The van der Waals surface area contributed by atoms with Crippen LogP contribution < -0.4 is 5.32 Å². The average molecular weight is 353 g/mol. The summed E-state index contributed by atoms with van der Waals surface area (Å²) in [6.07, 6.45) is 3.75. The van der Waals surface area contributed by atoms with Crippen LogP contribution in [0.4, 0.5) is 4.39 Å². The zero-order chi connectivity index (χ0) is 18.7. The molecule has 26 heavy (non-hydrogen) atoms. The summed E-state index contributed by atoms with van der Waals surface area (Å²) in [6, 6.07) is 12.1. The van der Waals surface area contributed by atoms with E-state index in [4.69, 9.17) is 4.98 Å². The highest BCUT2D eigenvalue weighted by molar-refractivity contribution is 5.77. The molecule has 1 N–H and O–H groups in total. The van der Waals surface area contributed by atoms with E-state index < -0.39 is 0 Å². The molecule has 4 nitrogen and oxygen atoms in total. The first-order chi connectivity index (χ1) is 12.4. The number of pyridine rings is 1. The van der Waals surface area contributed by atoms with Crippen LogP contribution in [0, 0.1) is 5.82 Å². The number of carbonyl (C=O) groups excluding carboxylic acids is 1. The van der Waals surface area contributed by atoms with Crippen molar-refractivity contribution in [1.82, 2.24) is 14.7 Å². The first-order valence-electron chi connectivity index (χ1n) is 8.92. The fourth-order valence-corrected chi connectivity index (χ4v) is 2.88. The van der Waals surface area contributed by atoms with E-state index in [0.717, 1.165) is 29.0 Å². The van der Waals surface area contributed by atoms with Gasteiger partial charge >= 0.3 is 0 Å². The molecule has 0 bridgehead atoms. The van der Waals surface area contributed by atoms with Crippen molar-refractivity contribution in [2.75, 3.05) is 0 Å². The molecular weight excluding hydrogens is 329 g/mol. The number of carbonyl (C=O) groups is 1. The lowest BCUT2D eigenvalue weighted by molar-refractivity contribution is -0.122. The van der Waals surface area contributed by atoms with Crippen LogP contribution in [0.3, 0.4) is 0 Å². The Bertz CT molecular complexity index is 913. The second-order valence-corrected chi connectivity index (χ2v) is 7.13. The van der Waals surface area contributed by atoms with Crippen LogP contribution >= 0.6 is 0 Å². The summed E-state index contributed by atoms with van der Waals surface area (Å²) in [7, 11) is 0. The topological polar surface area (TPSA) is 46.4 Å². The van der Waals surface area contributed by atoms with Crippen LogP contribution in [0.15, 0.2) is 48.7 Å². The minimum Gasteiger partial charge on any atom is -0.351 e. The molecule has 1 amide bonds. The van der Waals surface area contributed by atoms with Crippen molar-refractivity contribution in [1.29, 1.82) is 0 Å². The first-order valence-corrected chi connectivity index (χ1v) is 8.92. The molecule has 0 unspecified atom stereocenters. The quantitative estimate of drug-likeness (QED) is 0.715. The number of benzene rings is 1. The Morgan fingerprint density at radius 3 is 2.62 bits per heavy atom. The van der Waals surface area contributed by atoms with Crippen molar-refractivity contribution in [3.05, 3.63) is 60.2 Å². The number of hydrogen-bond acceptors (Lipinski definition) is 2. The van der Waals surface area contributed by atoms with Gasteiger partial charge in [-0.1, -0.05) is 13.0 Å². The average Bonchev–Trinajstić information content (AvgIpc) is 2.99. The fraction of sp³-hybridized carbons (Fsp3) is 0.333. The molecule has 0 aliphatic rings. The van der Waals surface area contributed by atoms with Crippen LogP contribution in [0.2, 0.25) is 0 Å². The van der Waals surface area contributed by atoms with Gasteiger partial charge < -0.3 is 9.72 Å². The summed E-state index contributed by atoms with van der Waals surface area (Å²) in [5.74, 6) is -0.256. The summed E-state index contributed by atoms with van der Waals surface area (Å²) in [5.41, 5.74) is 3.20. The molecule has 5 heteroatoms. The van der Waals surface area contributed by atoms with Crippen molar-refractivity contribution < 1.29 is 9.18 Å². The lowest BCUT2D eigenvalue weighted by atomic mass is 10.0. The van der Waals surface area contributed by atoms with Gasteiger partial charge in [-0.15, -0.1) is 0 Å². The molecular formula is C21H24FN3O. The molecule has 136 valence electrons. The summed E-state index contributed by atoms with van der Waals surface area (Å²) >= 11 is 0. The van der Waals surface area contributed by atoms with E-state index in [-0.39, 0.29) is 17.3 Å². The Morgan fingerprint density at radius 2 is 1.92 bits per heavy atom. The lowest BCUT2D eigenvalue weighted by Crippen LogP contribution is -2.42. The van der Waals surface area contributed by atoms with Crippen molar-refractivity contribution >= 4 is 11.6 Å². The summed E-state index contributed by atoms with van der Waals surface area (Å²) in [5, 5.41) is 3.06. The molecule has 1 aromatic carbocycles. The van der Waals surface area contributed by atoms with Gasteiger partial charge in [0, 0.05) is 23.7 Å². The molecule has 3 aromatic rings. The first kappa shape index (κ1) is 18.1. The smallest absolute Gasteiger partial charge is 0.220 e. The Balaban J connectivity index is 1.90. The molecule has 0 aliphatic carbocycles. The highest BCUT2D eigenvalue weighted by Gasteiger charge is 2.19. The van der Waals surface area contributed by atoms with Gasteiger partial charge in [0.15, 0.2) is 0 Å². The number of amides is 1. The number of rotatable bonds is 6. The van der Waals surface area contributed by atoms with E-state index in [1.54, 1.807) is 12.1 Å². The third-order valence-electron chi connectivity index (χ3n) is 4.70. The monoisotopic (exact) mass is 353 g/mol. The number of fused-ring (bicyclic) bond motifs is 1. The number of nitrogens with zero attached hydrogens (tertiary/aromatic N) is 2. The Hall–Kier alpha value is -2.69. The van der Waals surface area contributed by atoms with Gasteiger partial charge in [-0.3, -0.25) is 4.79 Å². The van der Waals surface area contributed by atoms with Crippen molar-refractivity contribution in [2.45, 2.75) is 45.6 Å². The molecule has 0 saturated carbocycles. The van der Waals surface area contributed by atoms with Gasteiger partial charge in [0.05, 0.1) is 11.4 Å². The maximum atomic E-state index is 13.3. The molecule has 2 aromatic heterocycles. The molecule has 0 spiro atoms.